The van der Waals surface area contributed by atoms with E-state index in [1.165, 1.54) is 22.7 Å². The van der Waals surface area contributed by atoms with Crippen molar-refractivity contribution in [2.75, 3.05) is 13.3 Å². The number of imidazole rings is 1. The van der Waals surface area contributed by atoms with Crippen molar-refractivity contribution in [3.63, 3.8) is 0 Å². The maximum absolute atomic E-state index is 14.0. The Morgan fingerprint density at radius 2 is 2.12 bits per heavy atom. The zero-order chi connectivity index (χ0) is 18.7. The van der Waals surface area contributed by atoms with Crippen LogP contribution in [0.1, 0.15) is 15.9 Å². The molecule has 1 heterocycles. The van der Waals surface area contributed by atoms with E-state index in [1.54, 1.807) is 31.4 Å². The first-order chi connectivity index (χ1) is 12.5. The third-order valence-corrected chi connectivity index (χ3v) is 5.08. The van der Waals surface area contributed by atoms with Gasteiger partial charge in [0.05, 0.1) is 0 Å². The summed E-state index contributed by atoms with van der Waals surface area (Å²) in [5, 5.41) is 0.846. The van der Waals surface area contributed by atoms with Gasteiger partial charge in [0, 0.05) is 47.3 Å². The molecule has 0 spiro atoms. The number of amides is 1. The van der Waals surface area contributed by atoms with Crippen molar-refractivity contribution in [2.45, 2.75) is 11.7 Å². The lowest BCUT2D eigenvalue weighted by atomic mass is 10.1. The van der Waals surface area contributed by atoms with E-state index in [9.17, 15) is 9.18 Å². The average molecular weight is 434 g/mol. The molecule has 2 aromatic carbocycles. The summed E-state index contributed by atoms with van der Waals surface area (Å²) >= 11 is 4.87. The van der Waals surface area contributed by atoms with Gasteiger partial charge in [0.25, 0.3) is 5.91 Å². The molecule has 0 N–H and O–H groups in total. The van der Waals surface area contributed by atoms with Gasteiger partial charge in [-0.2, -0.15) is 0 Å². The van der Waals surface area contributed by atoms with Crippen LogP contribution in [0.4, 0.5) is 4.39 Å². The largest absolute Gasteiger partial charge is 0.337 e. The number of thioether (sulfide) groups is 1. The van der Waals surface area contributed by atoms with Crippen molar-refractivity contribution in [3.05, 3.63) is 76.3 Å². The van der Waals surface area contributed by atoms with Crippen LogP contribution >= 0.6 is 27.7 Å². The predicted octanol–water partition coefficient (Wildman–Crippen LogP) is 4.77. The molecule has 1 aromatic heterocycles. The summed E-state index contributed by atoms with van der Waals surface area (Å²) in [7, 11) is 1.67. The van der Waals surface area contributed by atoms with Crippen LogP contribution in [0.15, 0.2) is 64.5 Å². The highest BCUT2D eigenvalue weighted by molar-refractivity contribution is 9.10. The predicted molar refractivity (Wildman–Crippen MR) is 105 cm³/mol. The molecule has 0 bridgehead atoms. The minimum absolute atomic E-state index is 0.169. The van der Waals surface area contributed by atoms with Gasteiger partial charge < -0.3 is 4.90 Å². The summed E-state index contributed by atoms with van der Waals surface area (Å²) in [5.41, 5.74) is 1.87. The molecule has 0 atom stereocenters. The molecule has 4 nitrogen and oxygen atoms in total. The van der Waals surface area contributed by atoms with Crippen molar-refractivity contribution in [1.82, 2.24) is 14.5 Å². The lowest BCUT2D eigenvalue weighted by molar-refractivity contribution is 0.0784. The van der Waals surface area contributed by atoms with Crippen LogP contribution in [0.3, 0.4) is 0 Å². The molecule has 0 unspecified atom stereocenters. The number of hydrogen-bond donors (Lipinski definition) is 0. The summed E-state index contributed by atoms with van der Waals surface area (Å²) in [6.07, 6.45) is 5.53. The molecule has 0 fully saturated rings. The first-order valence-corrected chi connectivity index (χ1v) is 9.88. The molecule has 0 radical (unpaired) electrons. The van der Waals surface area contributed by atoms with Crippen molar-refractivity contribution in [2.24, 2.45) is 0 Å². The molecule has 0 aliphatic carbocycles. The van der Waals surface area contributed by atoms with Crippen LogP contribution in [0.2, 0.25) is 0 Å². The second-order valence-corrected chi connectivity index (χ2v) is 7.42. The number of rotatable bonds is 5. The molecule has 26 heavy (non-hydrogen) atoms. The van der Waals surface area contributed by atoms with E-state index in [4.69, 9.17) is 0 Å². The Morgan fingerprint density at radius 1 is 1.31 bits per heavy atom. The normalized spacial score (nSPS) is 10.8. The highest BCUT2D eigenvalue weighted by Gasteiger charge is 2.15. The van der Waals surface area contributed by atoms with E-state index >= 15 is 0 Å². The van der Waals surface area contributed by atoms with Crippen molar-refractivity contribution in [3.8, 4) is 5.69 Å². The van der Waals surface area contributed by atoms with Gasteiger partial charge in [-0.05, 0) is 42.7 Å². The average Bonchev–Trinajstić information content (AvgIpc) is 3.13. The fourth-order valence-electron chi connectivity index (χ4n) is 2.64. The van der Waals surface area contributed by atoms with Crippen LogP contribution in [-0.2, 0) is 6.54 Å². The molecule has 0 saturated heterocycles. The molecule has 134 valence electrons. The van der Waals surface area contributed by atoms with E-state index in [0.29, 0.717) is 11.1 Å². The van der Waals surface area contributed by atoms with Gasteiger partial charge in [0.15, 0.2) is 5.16 Å². The minimum Gasteiger partial charge on any atom is -0.337 e. The Morgan fingerprint density at radius 3 is 2.88 bits per heavy atom. The molecule has 0 aliphatic rings. The quantitative estimate of drug-likeness (QED) is 0.543. The maximum Gasteiger partial charge on any atom is 0.253 e. The summed E-state index contributed by atoms with van der Waals surface area (Å²) in [6.45, 7) is 0.190. The topological polar surface area (TPSA) is 38.1 Å². The van der Waals surface area contributed by atoms with Gasteiger partial charge in [-0.3, -0.25) is 9.36 Å². The molecular formula is C19H17BrFN3OS. The highest BCUT2D eigenvalue weighted by atomic mass is 79.9. The Balaban J connectivity index is 1.83. The SMILES string of the molecule is CSc1nccn1-c1cccc(C(=O)N(C)Cc2cc(Br)ccc2F)c1. The van der Waals surface area contributed by atoms with Crippen LogP contribution in [0, 0.1) is 5.82 Å². The number of halogens is 2. The summed E-state index contributed by atoms with van der Waals surface area (Å²) in [5.74, 6) is -0.498. The van der Waals surface area contributed by atoms with Crippen LogP contribution in [0.5, 0.6) is 0 Å². The first-order valence-electron chi connectivity index (χ1n) is 7.87. The Kier molecular flexibility index (Phi) is 5.78. The molecule has 3 aromatic rings. The fraction of sp³-hybridized carbons (Fsp3) is 0.158. The van der Waals surface area contributed by atoms with Gasteiger partial charge in [0.1, 0.15) is 5.82 Å². The number of hydrogen-bond acceptors (Lipinski definition) is 3. The Labute approximate surface area is 164 Å². The number of nitrogens with zero attached hydrogens (tertiary/aromatic N) is 3. The van der Waals surface area contributed by atoms with E-state index in [0.717, 1.165) is 15.3 Å². The van der Waals surface area contributed by atoms with Crippen molar-refractivity contribution >= 4 is 33.6 Å². The monoisotopic (exact) mass is 433 g/mol. The van der Waals surface area contributed by atoms with Gasteiger partial charge in [-0.1, -0.05) is 33.8 Å². The zero-order valence-electron chi connectivity index (χ0n) is 14.3. The number of carbonyl (C=O) groups is 1. The molecular weight excluding hydrogens is 417 g/mol. The standard InChI is InChI=1S/C19H17BrFN3OS/c1-23(12-14-10-15(20)6-7-17(14)21)18(25)13-4-3-5-16(11-13)24-9-8-22-19(24)26-2/h3-11H,12H2,1-2H3. The summed E-state index contributed by atoms with van der Waals surface area (Å²) < 4.78 is 16.7. The van der Waals surface area contributed by atoms with E-state index in [1.807, 2.05) is 35.2 Å². The Hall–Kier alpha value is -2.12. The summed E-state index contributed by atoms with van der Waals surface area (Å²) in [4.78, 5) is 18.6. The number of carbonyl (C=O) groups excluding carboxylic acids is 1. The first kappa shape index (κ1) is 18.7. The Bertz CT molecular complexity index is 944. The third kappa shape index (κ3) is 3.99. The van der Waals surface area contributed by atoms with E-state index in [-0.39, 0.29) is 18.3 Å². The van der Waals surface area contributed by atoms with Gasteiger partial charge in [0.2, 0.25) is 0 Å². The van der Waals surface area contributed by atoms with Crippen molar-refractivity contribution < 1.29 is 9.18 Å². The van der Waals surface area contributed by atoms with Crippen LogP contribution in [0.25, 0.3) is 5.69 Å². The zero-order valence-corrected chi connectivity index (χ0v) is 16.7. The smallest absolute Gasteiger partial charge is 0.253 e. The molecule has 1 amide bonds. The lowest BCUT2D eigenvalue weighted by Gasteiger charge is -2.18. The number of aromatic nitrogens is 2. The van der Waals surface area contributed by atoms with Crippen LogP contribution in [-0.4, -0.2) is 33.7 Å². The van der Waals surface area contributed by atoms with E-state index in [2.05, 4.69) is 20.9 Å². The second-order valence-electron chi connectivity index (χ2n) is 5.73. The summed E-state index contributed by atoms with van der Waals surface area (Å²) in [6, 6.07) is 12.0. The molecule has 0 aliphatic heterocycles. The van der Waals surface area contributed by atoms with Crippen molar-refractivity contribution in [1.29, 1.82) is 0 Å². The third-order valence-electron chi connectivity index (χ3n) is 3.92. The molecule has 7 heteroatoms. The maximum atomic E-state index is 14.0. The molecule has 0 saturated carbocycles. The fourth-order valence-corrected chi connectivity index (χ4v) is 3.58. The van der Waals surface area contributed by atoms with Gasteiger partial charge >= 0.3 is 0 Å². The molecule has 3 rings (SSSR count). The lowest BCUT2D eigenvalue weighted by Crippen LogP contribution is -2.26. The van der Waals surface area contributed by atoms with Crippen LogP contribution < -0.4 is 0 Å². The van der Waals surface area contributed by atoms with Gasteiger partial charge in [-0.25, -0.2) is 9.37 Å². The van der Waals surface area contributed by atoms with Gasteiger partial charge in [-0.15, -0.1) is 0 Å². The van der Waals surface area contributed by atoms with E-state index < -0.39 is 0 Å². The number of benzene rings is 2. The second kappa shape index (κ2) is 8.05. The minimum atomic E-state index is -0.329. The highest BCUT2D eigenvalue weighted by Crippen LogP contribution is 2.21.